The third-order valence-corrected chi connectivity index (χ3v) is 3.90. The normalized spacial score (nSPS) is 13.9. The summed E-state index contributed by atoms with van der Waals surface area (Å²) in [6.07, 6.45) is 0.192. The second-order valence-corrected chi connectivity index (χ2v) is 6.60. The van der Waals surface area contributed by atoms with E-state index < -0.39 is 18.4 Å². The monoisotopic (exact) mass is 542 g/mol. The number of halogens is 4. The molecule has 0 fully saturated rings. The Morgan fingerprint density at radius 1 is 1.33 bits per heavy atom. The van der Waals surface area contributed by atoms with Crippen LogP contribution >= 0.6 is 24.0 Å². The molecule has 8 nitrogen and oxygen atoms in total. The lowest BCUT2D eigenvalue weighted by Crippen LogP contribution is -2.44. The summed E-state index contributed by atoms with van der Waals surface area (Å²) >= 11 is 0. The van der Waals surface area contributed by atoms with E-state index in [1.165, 1.54) is 6.20 Å². The van der Waals surface area contributed by atoms with E-state index >= 15 is 0 Å². The molecule has 0 bridgehead atoms. The molecule has 0 aliphatic carbocycles. The lowest BCUT2D eigenvalue weighted by atomic mass is 10.00. The van der Waals surface area contributed by atoms with Gasteiger partial charge in [0.1, 0.15) is 5.60 Å². The fraction of sp³-hybridized carbons (Fsp3) is 0.500. The molecule has 0 radical (unpaired) electrons. The molecule has 0 aliphatic rings. The molecule has 2 aromatic rings. The van der Waals surface area contributed by atoms with Gasteiger partial charge in [-0.25, -0.2) is 9.98 Å². The Bertz CT molecular complexity index is 826. The first-order valence-electron chi connectivity index (χ1n) is 8.98. The highest BCUT2D eigenvalue weighted by molar-refractivity contribution is 14.0. The van der Waals surface area contributed by atoms with Crippen molar-refractivity contribution in [3.63, 3.8) is 0 Å². The van der Waals surface area contributed by atoms with Crippen LogP contribution in [-0.4, -0.2) is 51.7 Å². The van der Waals surface area contributed by atoms with Crippen molar-refractivity contribution in [3.05, 3.63) is 41.9 Å². The Balaban J connectivity index is 0.00000450. The zero-order valence-corrected chi connectivity index (χ0v) is 19.2. The summed E-state index contributed by atoms with van der Waals surface area (Å²) in [6, 6.07) is 3.19. The van der Waals surface area contributed by atoms with Gasteiger partial charge in [0.15, 0.2) is 12.6 Å². The van der Waals surface area contributed by atoms with Gasteiger partial charge in [-0.3, -0.25) is 4.68 Å². The van der Waals surface area contributed by atoms with Crippen molar-refractivity contribution in [2.24, 2.45) is 12.0 Å². The number of hydrogen-bond acceptors (Lipinski definition) is 5. The van der Waals surface area contributed by atoms with E-state index in [1.807, 2.05) is 6.92 Å². The molecular formula is C18H26F3IN6O2. The van der Waals surface area contributed by atoms with Gasteiger partial charge in [-0.1, -0.05) is 6.07 Å². The summed E-state index contributed by atoms with van der Waals surface area (Å²) in [7, 11) is 1.75. The molecule has 0 amide bonds. The van der Waals surface area contributed by atoms with Crippen molar-refractivity contribution in [1.82, 2.24) is 25.4 Å². The number of aryl methyl sites for hydroxylation is 1. The molecule has 168 valence electrons. The third kappa shape index (κ3) is 8.34. The van der Waals surface area contributed by atoms with E-state index in [0.29, 0.717) is 23.6 Å². The van der Waals surface area contributed by atoms with Gasteiger partial charge in [-0.05, 0) is 19.9 Å². The van der Waals surface area contributed by atoms with Crippen molar-refractivity contribution in [2.75, 3.05) is 19.7 Å². The summed E-state index contributed by atoms with van der Waals surface area (Å²) in [5.74, 6) is 0.272. The molecule has 1 atom stereocenters. The predicted octanol–water partition coefficient (Wildman–Crippen LogP) is 2.34. The number of hydrogen-bond donors (Lipinski definition) is 3. The molecule has 2 heterocycles. The van der Waals surface area contributed by atoms with Crippen LogP contribution in [0.4, 0.5) is 13.2 Å². The van der Waals surface area contributed by atoms with Gasteiger partial charge in [-0.15, -0.1) is 24.0 Å². The first kappa shape index (κ1) is 25.9. The van der Waals surface area contributed by atoms with Gasteiger partial charge in [0.2, 0.25) is 5.88 Å². The highest BCUT2D eigenvalue weighted by atomic mass is 127. The maximum absolute atomic E-state index is 12.4. The summed E-state index contributed by atoms with van der Waals surface area (Å²) in [6.45, 7) is 2.85. The van der Waals surface area contributed by atoms with E-state index in [4.69, 9.17) is 4.74 Å². The number of nitrogens with zero attached hydrogens (tertiary/aromatic N) is 4. The van der Waals surface area contributed by atoms with Crippen molar-refractivity contribution >= 4 is 29.9 Å². The number of nitrogens with one attached hydrogen (secondary N) is 2. The molecule has 1 unspecified atom stereocenters. The van der Waals surface area contributed by atoms with Gasteiger partial charge in [-0.2, -0.15) is 18.3 Å². The van der Waals surface area contributed by atoms with Gasteiger partial charge in [0, 0.05) is 37.1 Å². The molecule has 2 rings (SSSR count). The Hall–Kier alpha value is -2.09. The van der Waals surface area contributed by atoms with Crippen LogP contribution in [0.25, 0.3) is 0 Å². The van der Waals surface area contributed by atoms with E-state index in [2.05, 4.69) is 25.7 Å². The topological polar surface area (TPSA) is 96.6 Å². The molecule has 3 N–H and O–H groups in total. The average molecular weight is 542 g/mol. The quantitative estimate of drug-likeness (QED) is 0.269. The Morgan fingerprint density at radius 3 is 2.67 bits per heavy atom. The number of alkyl halides is 3. The minimum Gasteiger partial charge on any atom is -0.468 e. The Kier molecular flexibility index (Phi) is 9.81. The molecule has 12 heteroatoms. The summed E-state index contributed by atoms with van der Waals surface area (Å²) in [4.78, 5) is 8.20. The molecule has 0 aromatic carbocycles. The number of guanidine groups is 1. The highest BCUT2D eigenvalue weighted by Gasteiger charge is 2.29. The zero-order valence-electron chi connectivity index (χ0n) is 16.9. The van der Waals surface area contributed by atoms with Crippen LogP contribution < -0.4 is 15.4 Å². The lowest BCUT2D eigenvalue weighted by Gasteiger charge is -2.23. The van der Waals surface area contributed by atoms with Crippen LogP contribution in [0.1, 0.15) is 25.0 Å². The maximum Gasteiger partial charge on any atom is 0.422 e. The molecule has 0 spiro atoms. The van der Waals surface area contributed by atoms with Crippen LogP contribution in [0.5, 0.6) is 5.88 Å². The van der Waals surface area contributed by atoms with E-state index in [1.54, 1.807) is 43.2 Å². The van der Waals surface area contributed by atoms with Gasteiger partial charge in [0.05, 0.1) is 19.3 Å². The Morgan fingerprint density at radius 2 is 2.07 bits per heavy atom. The number of aliphatic imine (C=N–C) groups is 1. The average Bonchev–Trinajstić information content (AvgIpc) is 3.10. The standard InChI is InChI=1S/C18H25F3N6O2.HI/c1-4-22-16(25-11-17(2,28)14-9-26-27(3)10-14)24-8-13-6-5-7-23-15(13)29-12-18(19,20)21;/h5-7,9-10,28H,4,8,11-12H2,1-3H3,(H2,22,24,25);1H. The molecular weight excluding hydrogens is 516 g/mol. The fourth-order valence-electron chi connectivity index (χ4n) is 2.39. The molecule has 0 aliphatic heterocycles. The highest BCUT2D eigenvalue weighted by Crippen LogP contribution is 2.21. The van der Waals surface area contributed by atoms with Gasteiger partial charge >= 0.3 is 6.18 Å². The second-order valence-electron chi connectivity index (χ2n) is 6.60. The van der Waals surface area contributed by atoms with Crippen LogP contribution in [0.15, 0.2) is 35.7 Å². The van der Waals surface area contributed by atoms with Crippen LogP contribution in [-0.2, 0) is 19.2 Å². The molecule has 30 heavy (non-hydrogen) atoms. The maximum atomic E-state index is 12.4. The van der Waals surface area contributed by atoms with E-state index in [9.17, 15) is 18.3 Å². The minimum absolute atomic E-state index is 0. The summed E-state index contributed by atoms with van der Waals surface area (Å²) in [5.41, 5.74) is -0.147. The van der Waals surface area contributed by atoms with Crippen molar-refractivity contribution in [1.29, 1.82) is 0 Å². The van der Waals surface area contributed by atoms with E-state index in [-0.39, 0.29) is 42.9 Å². The largest absolute Gasteiger partial charge is 0.468 e. The number of aromatic nitrogens is 3. The number of rotatable bonds is 8. The van der Waals surface area contributed by atoms with Crippen LogP contribution in [0, 0.1) is 0 Å². The van der Waals surface area contributed by atoms with Crippen molar-refractivity contribution in [3.8, 4) is 5.88 Å². The van der Waals surface area contributed by atoms with Crippen molar-refractivity contribution in [2.45, 2.75) is 32.2 Å². The first-order valence-corrected chi connectivity index (χ1v) is 8.98. The molecule has 0 saturated carbocycles. The van der Waals surface area contributed by atoms with Gasteiger partial charge in [0.25, 0.3) is 0 Å². The molecule has 0 saturated heterocycles. The number of aliphatic hydroxyl groups is 1. The second kappa shape index (κ2) is 11.3. The van der Waals surface area contributed by atoms with Crippen LogP contribution in [0.3, 0.4) is 0 Å². The lowest BCUT2D eigenvalue weighted by molar-refractivity contribution is -0.154. The fourth-order valence-corrected chi connectivity index (χ4v) is 2.39. The summed E-state index contributed by atoms with van der Waals surface area (Å²) in [5, 5.41) is 20.8. The van der Waals surface area contributed by atoms with E-state index in [0.717, 1.165) is 0 Å². The SMILES string of the molecule is CCNC(=NCc1cccnc1OCC(F)(F)F)NCC(C)(O)c1cnn(C)c1.I. The number of pyridine rings is 1. The van der Waals surface area contributed by atoms with Crippen molar-refractivity contribution < 1.29 is 23.0 Å². The minimum atomic E-state index is -4.45. The third-order valence-electron chi connectivity index (χ3n) is 3.90. The predicted molar refractivity (Wildman–Crippen MR) is 117 cm³/mol. The smallest absolute Gasteiger partial charge is 0.422 e. The van der Waals surface area contributed by atoms with Gasteiger partial charge < -0.3 is 20.5 Å². The first-order chi connectivity index (χ1) is 13.6. The molecule has 2 aromatic heterocycles. The zero-order chi connectivity index (χ0) is 21.5. The van der Waals surface area contributed by atoms with Crippen LogP contribution in [0.2, 0.25) is 0 Å². The number of ether oxygens (including phenoxy) is 1. The Labute approximate surface area is 190 Å². The summed E-state index contributed by atoms with van der Waals surface area (Å²) < 4.78 is 43.6.